The highest BCUT2D eigenvalue weighted by atomic mass is 79.9. The van der Waals surface area contributed by atoms with E-state index in [-0.39, 0.29) is 0 Å². The predicted octanol–water partition coefficient (Wildman–Crippen LogP) is 2.43. The maximum Gasteiger partial charge on any atom is 0.0410 e. The van der Waals surface area contributed by atoms with Crippen LogP contribution >= 0.6 is 15.9 Å². The van der Waals surface area contributed by atoms with Crippen LogP contribution in [0.3, 0.4) is 0 Å². The molecule has 0 radical (unpaired) electrons. The van der Waals surface area contributed by atoms with E-state index in [0.717, 1.165) is 17.4 Å². The summed E-state index contributed by atoms with van der Waals surface area (Å²) in [5, 5.41) is 3.41. The van der Waals surface area contributed by atoms with Gasteiger partial charge in [0, 0.05) is 29.5 Å². The van der Waals surface area contributed by atoms with E-state index < -0.39 is 0 Å². The normalized spacial score (nSPS) is 21.8. The van der Waals surface area contributed by atoms with Gasteiger partial charge in [0.25, 0.3) is 0 Å². The summed E-state index contributed by atoms with van der Waals surface area (Å²) in [6.07, 6.45) is 9.14. The molecule has 0 spiro atoms. The predicted molar refractivity (Wildman–Crippen MR) is 56.4 cm³/mol. The Bertz CT molecular complexity index is 322. The fraction of sp³-hybridized carbons (Fsp3) is 0.300. The van der Waals surface area contributed by atoms with Gasteiger partial charge in [-0.05, 0) is 34.0 Å². The fourth-order valence-electron chi connectivity index (χ4n) is 1.48. The number of aromatic nitrogens is 1. The van der Waals surface area contributed by atoms with Crippen molar-refractivity contribution in [3.8, 4) is 0 Å². The molecule has 1 unspecified atom stereocenters. The molecule has 0 amide bonds. The molecule has 0 bridgehead atoms. The second-order valence-corrected chi connectivity index (χ2v) is 4.02. The van der Waals surface area contributed by atoms with Crippen molar-refractivity contribution in [2.75, 3.05) is 6.54 Å². The van der Waals surface area contributed by atoms with Crippen LogP contribution in [0, 0.1) is 0 Å². The second-order valence-electron chi connectivity index (χ2n) is 3.10. The van der Waals surface area contributed by atoms with Crippen molar-refractivity contribution < 1.29 is 0 Å². The molecule has 1 aliphatic heterocycles. The molecule has 2 rings (SSSR count). The van der Waals surface area contributed by atoms with Crippen molar-refractivity contribution in [2.24, 2.45) is 0 Å². The molecule has 0 saturated heterocycles. The molecule has 0 saturated carbocycles. The number of halogens is 1. The summed E-state index contributed by atoms with van der Waals surface area (Å²) >= 11 is 3.42. The molecule has 2 heterocycles. The van der Waals surface area contributed by atoms with Gasteiger partial charge < -0.3 is 5.32 Å². The Kier molecular flexibility index (Phi) is 2.76. The molecule has 2 nitrogen and oxygen atoms in total. The summed E-state index contributed by atoms with van der Waals surface area (Å²) in [7, 11) is 0. The highest BCUT2D eigenvalue weighted by Gasteiger charge is 2.11. The lowest BCUT2D eigenvalue weighted by Gasteiger charge is -2.19. The molecule has 68 valence electrons. The maximum absolute atomic E-state index is 4.15. The number of nitrogens with one attached hydrogen (secondary N) is 1. The lowest BCUT2D eigenvalue weighted by Crippen LogP contribution is -2.23. The van der Waals surface area contributed by atoms with Gasteiger partial charge in [-0.2, -0.15) is 0 Å². The highest BCUT2D eigenvalue weighted by molar-refractivity contribution is 9.10. The van der Waals surface area contributed by atoms with E-state index in [0.29, 0.717) is 6.04 Å². The first-order chi connectivity index (χ1) is 6.36. The molecule has 1 N–H and O–H groups in total. The van der Waals surface area contributed by atoms with Gasteiger partial charge in [-0.25, -0.2) is 0 Å². The Hall–Kier alpha value is -0.670. The van der Waals surface area contributed by atoms with Crippen LogP contribution in [0.5, 0.6) is 0 Å². The van der Waals surface area contributed by atoms with Crippen LogP contribution in [0.4, 0.5) is 0 Å². The summed E-state index contributed by atoms with van der Waals surface area (Å²) in [4.78, 5) is 4.15. The molecule has 3 heteroatoms. The van der Waals surface area contributed by atoms with E-state index in [1.54, 1.807) is 0 Å². The smallest absolute Gasteiger partial charge is 0.0410 e. The lowest BCUT2D eigenvalue weighted by atomic mass is 10.0. The number of rotatable bonds is 1. The second kappa shape index (κ2) is 4.03. The average Bonchev–Trinajstić information content (AvgIpc) is 2.19. The van der Waals surface area contributed by atoms with Gasteiger partial charge in [0.05, 0.1) is 0 Å². The number of nitrogens with zero attached hydrogens (tertiary/aromatic N) is 1. The summed E-state index contributed by atoms with van der Waals surface area (Å²) < 4.78 is 1.04. The Labute approximate surface area is 86.2 Å². The number of hydrogen-bond donors (Lipinski definition) is 1. The Morgan fingerprint density at radius 1 is 1.38 bits per heavy atom. The van der Waals surface area contributed by atoms with Crippen LogP contribution in [0.25, 0.3) is 0 Å². The minimum absolute atomic E-state index is 0.426. The van der Waals surface area contributed by atoms with E-state index in [1.807, 2.05) is 12.4 Å². The molecule has 13 heavy (non-hydrogen) atoms. The SMILES string of the molecule is Brc1cncc(C2CC=CCN2)c1. The van der Waals surface area contributed by atoms with Gasteiger partial charge in [0.2, 0.25) is 0 Å². The van der Waals surface area contributed by atoms with E-state index in [2.05, 4.69) is 44.4 Å². The monoisotopic (exact) mass is 238 g/mol. The minimum atomic E-state index is 0.426. The van der Waals surface area contributed by atoms with Gasteiger partial charge in [-0.1, -0.05) is 12.2 Å². The van der Waals surface area contributed by atoms with Crippen molar-refractivity contribution in [2.45, 2.75) is 12.5 Å². The third-order valence-electron chi connectivity index (χ3n) is 2.15. The van der Waals surface area contributed by atoms with Crippen molar-refractivity contribution in [1.82, 2.24) is 10.3 Å². The van der Waals surface area contributed by atoms with Crippen molar-refractivity contribution in [1.29, 1.82) is 0 Å². The fourth-order valence-corrected chi connectivity index (χ4v) is 1.86. The standard InChI is InChI=1S/C10H11BrN2/c11-9-5-8(6-12-7-9)10-3-1-2-4-13-10/h1-2,5-7,10,13H,3-4H2. The third-order valence-corrected chi connectivity index (χ3v) is 2.58. The molecule has 0 fully saturated rings. The molecule has 0 aromatic carbocycles. The molecule has 1 aromatic rings. The van der Waals surface area contributed by atoms with Gasteiger partial charge >= 0.3 is 0 Å². The Morgan fingerprint density at radius 2 is 2.31 bits per heavy atom. The minimum Gasteiger partial charge on any atom is -0.306 e. The molecular formula is C10H11BrN2. The molecule has 1 aromatic heterocycles. The van der Waals surface area contributed by atoms with Crippen molar-refractivity contribution in [3.05, 3.63) is 40.6 Å². The Morgan fingerprint density at radius 3 is 3.00 bits per heavy atom. The van der Waals surface area contributed by atoms with Crippen molar-refractivity contribution in [3.63, 3.8) is 0 Å². The molecule has 0 aliphatic carbocycles. The zero-order valence-corrected chi connectivity index (χ0v) is 8.79. The van der Waals surface area contributed by atoms with E-state index in [9.17, 15) is 0 Å². The van der Waals surface area contributed by atoms with Crippen LogP contribution in [-0.2, 0) is 0 Å². The summed E-state index contributed by atoms with van der Waals surface area (Å²) in [5.74, 6) is 0. The number of pyridine rings is 1. The maximum atomic E-state index is 4.15. The summed E-state index contributed by atoms with van der Waals surface area (Å²) in [5.41, 5.74) is 1.25. The van der Waals surface area contributed by atoms with Crippen LogP contribution in [-0.4, -0.2) is 11.5 Å². The van der Waals surface area contributed by atoms with Gasteiger partial charge in [-0.3, -0.25) is 4.98 Å². The van der Waals surface area contributed by atoms with Gasteiger partial charge in [-0.15, -0.1) is 0 Å². The summed E-state index contributed by atoms with van der Waals surface area (Å²) in [6.45, 7) is 0.956. The zero-order valence-electron chi connectivity index (χ0n) is 7.20. The first kappa shape index (κ1) is 8.91. The van der Waals surface area contributed by atoms with Gasteiger partial charge in [0.1, 0.15) is 0 Å². The van der Waals surface area contributed by atoms with Crippen LogP contribution < -0.4 is 5.32 Å². The highest BCUT2D eigenvalue weighted by Crippen LogP contribution is 2.21. The molecule has 1 atom stereocenters. The van der Waals surface area contributed by atoms with E-state index in [4.69, 9.17) is 0 Å². The molecular weight excluding hydrogens is 228 g/mol. The zero-order chi connectivity index (χ0) is 9.10. The lowest BCUT2D eigenvalue weighted by molar-refractivity contribution is 0.553. The summed E-state index contributed by atoms with van der Waals surface area (Å²) in [6, 6.07) is 2.54. The van der Waals surface area contributed by atoms with Crippen LogP contribution in [0.15, 0.2) is 35.1 Å². The van der Waals surface area contributed by atoms with E-state index in [1.165, 1.54) is 5.56 Å². The Balaban J connectivity index is 2.20. The van der Waals surface area contributed by atoms with Crippen LogP contribution in [0.2, 0.25) is 0 Å². The largest absolute Gasteiger partial charge is 0.306 e. The first-order valence-electron chi connectivity index (χ1n) is 4.35. The van der Waals surface area contributed by atoms with Crippen LogP contribution in [0.1, 0.15) is 18.0 Å². The first-order valence-corrected chi connectivity index (χ1v) is 5.14. The van der Waals surface area contributed by atoms with Crippen molar-refractivity contribution >= 4 is 15.9 Å². The number of hydrogen-bond acceptors (Lipinski definition) is 2. The van der Waals surface area contributed by atoms with E-state index >= 15 is 0 Å². The molecule has 1 aliphatic rings. The topological polar surface area (TPSA) is 24.9 Å². The van der Waals surface area contributed by atoms with Gasteiger partial charge in [0.15, 0.2) is 0 Å². The average molecular weight is 239 g/mol. The third kappa shape index (κ3) is 2.17. The quantitative estimate of drug-likeness (QED) is 0.761.